The first-order chi connectivity index (χ1) is 10.7. The maximum atomic E-state index is 9.00. The van der Waals surface area contributed by atoms with Crippen LogP contribution in [-0.4, -0.2) is 27.1 Å². The van der Waals surface area contributed by atoms with Crippen molar-refractivity contribution in [2.24, 2.45) is 0 Å². The number of hydrogen-bond acceptors (Lipinski definition) is 5. The zero-order valence-electron chi connectivity index (χ0n) is 13.1. The van der Waals surface area contributed by atoms with E-state index in [4.69, 9.17) is 10.00 Å². The van der Waals surface area contributed by atoms with Crippen LogP contribution in [0.1, 0.15) is 26.7 Å². The number of nitriles is 1. The molecule has 0 unspecified atom stereocenters. The van der Waals surface area contributed by atoms with E-state index < -0.39 is 0 Å². The standard InChI is InChI=1S/C16H20N4OS/c1-4-5-10-20-15(13-6-8-14(21-3)9-7-13)18-19-16(20)22-12(2)11-17/h6-9,12H,4-5,10H2,1-3H3/t12-/m1/s1. The Kier molecular flexibility index (Phi) is 5.84. The molecule has 1 aromatic carbocycles. The van der Waals surface area contributed by atoms with Crippen LogP contribution in [0.4, 0.5) is 0 Å². The van der Waals surface area contributed by atoms with E-state index in [9.17, 15) is 0 Å². The molecule has 1 atom stereocenters. The fourth-order valence-corrected chi connectivity index (χ4v) is 2.79. The molecule has 0 saturated carbocycles. The van der Waals surface area contributed by atoms with Crippen molar-refractivity contribution in [3.8, 4) is 23.2 Å². The molecular weight excluding hydrogens is 296 g/mol. The number of benzene rings is 1. The average molecular weight is 316 g/mol. The average Bonchev–Trinajstić information content (AvgIpc) is 2.95. The van der Waals surface area contributed by atoms with Crippen molar-refractivity contribution in [3.63, 3.8) is 0 Å². The van der Waals surface area contributed by atoms with Crippen LogP contribution in [0.2, 0.25) is 0 Å². The first-order valence-electron chi connectivity index (χ1n) is 7.33. The molecule has 116 valence electrons. The summed E-state index contributed by atoms with van der Waals surface area (Å²) in [5, 5.41) is 18.3. The molecule has 0 radical (unpaired) electrons. The van der Waals surface area contributed by atoms with Gasteiger partial charge in [-0.25, -0.2) is 0 Å². The van der Waals surface area contributed by atoms with Crippen LogP contribution in [-0.2, 0) is 6.54 Å². The minimum Gasteiger partial charge on any atom is -0.497 e. The van der Waals surface area contributed by atoms with Crippen LogP contribution in [0.3, 0.4) is 0 Å². The van der Waals surface area contributed by atoms with E-state index in [0.29, 0.717) is 0 Å². The molecule has 0 saturated heterocycles. The number of aromatic nitrogens is 3. The van der Waals surface area contributed by atoms with Gasteiger partial charge >= 0.3 is 0 Å². The lowest BCUT2D eigenvalue weighted by Crippen LogP contribution is -2.04. The monoisotopic (exact) mass is 316 g/mol. The maximum Gasteiger partial charge on any atom is 0.192 e. The van der Waals surface area contributed by atoms with Crippen molar-refractivity contribution < 1.29 is 4.74 Å². The summed E-state index contributed by atoms with van der Waals surface area (Å²) in [5.41, 5.74) is 1.00. The van der Waals surface area contributed by atoms with Gasteiger partial charge < -0.3 is 9.30 Å². The van der Waals surface area contributed by atoms with Gasteiger partial charge in [0.2, 0.25) is 0 Å². The third-order valence-electron chi connectivity index (χ3n) is 3.26. The van der Waals surface area contributed by atoms with Gasteiger partial charge in [-0.3, -0.25) is 0 Å². The second kappa shape index (κ2) is 7.85. The summed E-state index contributed by atoms with van der Waals surface area (Å²) >= 11 is 1.45. The molecule has 0 aliphatic rings. The smallest absolute Gasteiger partial charge is 0.192 e. The van der Waals surface area contributed by atoms with E-state index in [1.165, 1.54) is 11.8 Å². The van der Waals surface area contributed by atoms with Gasteiger partial charge in [0.15, 0.2) is 11.0 Å². The van der Waals surface area contributed by atoms with Crippen LogP contribution < -0.4 is 4.74 Å². The van der Waals surface area contributed by atoms with Gasteiger partial charge in [0.05, 0.1) is 18.4 Å². The first-order valence-corrected chi connectivity index (χ1v) is 8.21. The van der Waals surface area contributed by atoms with Gasteiger partial charge in [-0.05, 0) is 37.6 Å². The van der Waals surface area contributed by atoms with Crippen LogP contribution >= 0.6 is 11.8 Å². The van der Waals surface area contributed by atoms with Crippen molar-refractivity contribution in [1.29, 1.82) is 5.26 Å². The summed E-state index contributed by atoms with van der Waals surface area (Å²) in [6.07, 6.45) is 2.15. The fourth-order valence-electron chi connectivity index (χ4n) is 2.03. The number of ether oxygens (including phenoxy) is 1. The lowest BCUT2D eigenvalue weighted by molar-refractivity contribution is 0.415. The molecule has 0 amide bonds. The summed E-state index contributed by atoms with van der Waals surface area (Å²) in [4.78, 5) is 0. The highest BCUT2D eigenvalue weighted by atomic mass is 32.2. The third kappa shape index (κ3) is 3.80. The van der Waals surface area contributed by atoms with Crippen molar-refractivity contribution in [2.75, 3.05) is 7.11 Å². The first kappa shape index (κ1) is 16.4. The Balaban J connectivity index is 2.34. The number of thioether (sulfide) groups is 1. The highest BCUT2D eigenvalue weighted by Crippen LogP contribution is 2.28. The highest BCUT2D eigenvalue weighted by molar-refractivity contribution is 8.00. The summed E-state index contributed by atoms with van der Waals surface area (Å²) < 4.78 is 7.29. The zero-order valence-corrected chi connectivity index (χ0v) is 13.9. The molecule has 0 aliphatic carbocycles. The summed E-state index contributed by atoms with van der Waals surface area (Å²) in [6, 6.07) is 10.0. The maximum absolute atomic E-state index is 9.00. The molecule has 5 nitrogen and oxygen atoms in total. The molecule has 0 N–H and O–H groups in total. The van der Waals surface area contributed by atoms with E-state index in [1.807, 2.05) is 31.2 Å². The summed E-state index contributed by atoms with van der Waals surface area (Å²) in [5.74, 6) is 1.65. The molecule has 0 spiro atoms. The minimum absolute atomic E-state index is 0.145. The van der Waals surface area contributed by atoms with Crippen LogP contribution in [0.25, 0.3) is 11.4 Å². The number of methoxy groups -OCH3 is 1. The van der Waals surface area contributed by atoms with Crippen molar-refractivity contribution >= 4 is 11.8 Å². The van der Waals surface area contributed by atoms with E-state index in [-0.39, 0.29) is 5.25 Å². The largest absolute Gasteiger partial charge is 0.497 e. The van der Waals surface area contributed by atoms with E-state index in [2.05, 4.69) is 27.8 Å². The van der Waals surface area contributed by atoms with Gasteiger partial charge in [0, 0.05) is 12.1 Å². The quantitative estimate of drug-likeness (QED) is 0.728. The van der Waals surface area contributed by atoms with Crippen molar-refractivity contribution in [1.82, 2.24) is 14.8 Å². The van der Waals surface area contributed by atoms with Crippen LogP contribution in [0, 0.1) is 11.3 Å². The van der Waals surface area contributed by atoms with Crippen molar-refractivity contribution in [2.45, 2.75) is 43.6 Å². The number of rotatable bonds is 7. The zero-order chi connectivity index (χ0) is 15.9. The van der Waals surface area contributed by atoms with Gasteiger partial charge in [0.25, 0.3) is 0 Å². The van der Waals surface area contributed by atoms with E-state index in [0.717, 1.165) is 41.7 Å². The third-order valence-corrected chi connectivity index (χ3v) is 4.24. The Morgan fingerprint density at radius 3 is 2.64 bits per heavy atom. The second-order valence-corrected chi connectivity index (χ2v) is 6.24. The normalized spacial score (nSPS) is 11.9. The predicted molar refractivity (Wildman–Crippen MR) is 87.9 cm³/mol. The minimum atomic E-state index is -0.145. The summed E-state index contributed by atoms with van der Waals surface area (Å²) in [7, 11) is 1.65. The molecule has 1 aromatic heterocycles. The topological polar surface area (TPSA) is 63.7 Å². The summed E-state index contributed by atoms with van der Waals surface area (Å²) in [6.45, 7) is 4.88. The molecule has 22 heavy (non-hydrogen) atoms. The lowest BCUT2D eigenvalue weighted by atomic mass is 10.2. The molecular formula is C16H20N4OS. The van der Waals surface area contributed by atoms with Crippen LogP contribution in [0.15, 0.2) is 29.4 Å². The molecule has 1 heterocycles. The number of unbranched alkanes of at least 4 members (excludes halogenated alkanes) is 1. The Hall–Kier alpha value is -2.00. The number of hydrogen-bond donors (Lipinski definition) is 0. The van der Waals surface area contributed by atoms with Gasteiger partial charge in [-0.15, -0.1) is 10.2 Å². The number of nitrogens with zero attached hydrogens (tertiary/aromatic N) is 4. The Morgan fingerprint density at radius 2 is 2.05 bits per heavy atom. The van der Waals surface area contributed by atoms with Crippen LogP contribution in [0.5, 0.6) is 5.75 Å². The Morgan fingerprint density at radius 1 is 1.32 bits per heavy atom. The van der Waals surface area contributed by atoms with E-state index in [1.54, 1.807) is 7.11 Å². The molecule has 6 heteroatoms. The lowest BCUT2D eigenvalue weighted by Gasteiger charge is -2.10. The highest BCUT2D eigenvalue weighted by Gasteiger charge is 2.16. The predicted octanol–water partition coefficient (Wildman–Crippen LogP) is 3.76. The molecule has 2 rings (SSSR count). The van der Waals surface area contributed by atoms with Crippen molar-refractivity contribution in [3.05, 3.63) is 24.3 Å². The molecule has 2 aromatic rings. The Bertz CT molecular complexity index is 645. The molecule has 0 bridgehead atoms. The fraction of sp³-hybridized carbons (Fsp3) is 0.438. The van der Waals surface area contributed by atoms with Gasteiger partial charge in [0.1, 0.15) is 5.75 Å². The van der Waals surface area contributed by atoms with Gasteiger partial charge in [-0.2, -0.15) is 5.26 Å². The van der Waals surface area contributed by atoms with Gasteiger partial charge in [-0.1, -0.05) is 25.1 Å². The molecule has 0 fully saturated rings. The Labute approximate surface area is 135 Å². The SMILES string of the molecule is CCCCn1c(S[C@H](C)C#N)nnc1-c1ccc(OC)cc1. The second-order valence-electron chi connectivity index (χ2n) is 4.93. The van der Waals surface area contributed by atoms with E-state index >= 15 is 0 Å². The molecule has 0 aliphatic heterocycles.